The highest BCUT2D eigenvalue weighted by Crippen LogP contribution is 2.46. The van der Waals surface area contributed by atoms with Gasteiger partial charge < -0.3 is 10.1 Å². The third-order valence-electron chi connectivity index (χ3n) is 6.87. The van der Waals surface area contributed by atoms with Crippen molar-refractivity contribution in [1.82, 2.24) is 10.2 Å². The van der Waals surface area contributed by atoms with Crippen molar-refractivity contribution in [3.05, 3.63) is 87.9 Å². The number of nitrogens with one attached hydrogen (secondary N) is 1. The number of halogens is 3. The van der Waals surface area contributed by atoms with Crippen LogP contribution in [0.4, 0.5) is 18.9 Å². The molecule has 0 radical (unpaired) electrons. The van der Waals surface area contributed by atoms with Gasteiger partial charge in [-0.2, -0.15) is 5.10 Å². The van der Waals surface area contributed by atoms with E-state index in [-0.39, 0.29) is 11.6 Å². The zero-order chi connectivity index (χ0) is 26.0. The van der Waals surface area contributed by atoms with Crippen LogP contribution in [0.2, 0.25) is 0 Å². The molecule has 5 rings (SSSR count). The van der Waals surface area contributed by atoms with E-state index in [9.17, 15) is 13.6 Å². The first-order valence-corrected chi connectivity index (χ1v) is 13.0. The molecule has 6 nitrogen and oxygen atoms in total. The molecule has 2 atom stereocenters. The fourth-order valence-corrected chi connectivity index (χ4v) is 5.83. The average Bonchev–Trinajstić information content (AvgIpc) is 3.52. The molecule has 0 saturated carbocycles. The summed E-state index contributed by atoms with van der Waals surface area (Å²) >= 11 is 1.45. The van der Waals surface area contributed by atoms with Gasteiger partial charge in [0.25, 0.3) is 0 Å². The number of benzene rings is 2. The molecule has 1 fully saturated rings. The van der Waals surface area contributed by atoms with Crippen LogP contribution in [0.25, 0.3) is 0 Å². The Bertz CT molecular complexity index is 1280. The summed E-state index contributed by atoms with van der Waals surface area (Å²) in [5.41, 5.74) is -0.307. The number of hydrogen-bond acceptors (Lipinski definition) is 6. The highest BCUT2D eigenvalue weighted by Gasteiger charge is 2.55. The van der Waals surface area contributed by atoms with Gasteiger partial charge in [-0.25, -0.2) is 18.2 Å². The molecule has 2 aromatic carbocycles. The summed E-state index contributed by atoms with van der Waals surface area (Å²) in [4.78, 5) is 17.0. The van der Waals surface area contributed by atoms with Crippen LogP contribution < -0.4 is 10.3 Å². The van der Waals surface area contributed by atoms with Gasteiger partial charge in [0.1, 0.15) is 11.6 Å². The fourth-order valence-electron chi connectivity index (χ4n) is 4.89. The van der Waals surface area contributed by atoms with Gasteiger partial charge in [-0.05, 0) is 48.2 Å². The molecule has 2 aliphatic rings. The number of carbonyl (C=O) groups excluding carboxylic acids is 1. The van der Waals surface area contributed by atoms with Gasteiger partial charge in [-0.3, -0.25) is 9.69 Å². The number of rotatable bonds is 7. The average molecular weight is 529 g/mol. The molecule has 3 aromatic rings. The summed E-state index contributed by atoms with van der Waals surface area (Å²) in [6, 6.07) is 12.8. The lowest BCUT2D eigenvalue weighted by molar-refractivity contribution is -0.126. The molecule has 2 unspecified atom stereocenters. The first-order valence-electron chi connectivity index (χ1n) is 12.1. The van der Waals surface area contributed by atoms with Crippen LogP contribution in [0.3, 0.4) is 0 Å². The van der Waals surface area contributed by atoms with E-state index in [0.717, 1.165) is 30.1 Å². The second kappa shape index (κ2) is 10.6. The summed E-state index contributed by atoms with van der Waals surface area (Å²) in [7, 11) is 0. The van der Waals surface area contributed by atoms with E-state index in [2.05, 4.69) is 10.2 Å². The Hall–Kier alpha value is -3.21. The van der Waals surface area contributed by atoms with Gasteiger partial charge in [0.2, 0.25) is 5.91 Å². The van der Waals surface area contributed by atoms with Gasteiger partial charge in [0.05, 0.1) is 30.5 Å². The van der Waals surface area contributed by atoms with E-state index < -0.39 is 28.9 Å². The zero-order valence-electron chi connectivity index (χ0n) is 20.3. The maximum atomic E-state index is 15.1. The number of amides is 1. The second-order valence-corrected chi connectivity index (χ2v) is 10.2. The molecule has 2 aliphatic heterocycles. The Morgan fingerprint density at radius 3 is 2.51 bits per heavy atom. The number of hydrogen-bond donors (Lipinski definition) is 1. The number of morpholine rings is 1. The molecule has 1 N–H and O–H groups in total. The van der Waals surface area contributed by atoms with Crippen LogP contribution in [0.1, 0.15) is 23.3 Å². The number of ether oxygens (including phenoxy) is 1. The quantitative estimate of drug-likeness (QED) is 0.495. The predicted molar refractivity (Wildman–Crippen MR) is 138 cm³/mol. The van der Waals surface area contributed by atoms with Gasteiger partial charge in [-0.15, -0.1) is 11.3 Å². The van der Waals surface area contributed by atoms with E-state index in [1.165, 1.54) is 34.5 Å². The largest absolute Gasteiger partial charge is 0.379 e. The monoisotopic (exact) mass is 528 g/mol. The van der Waals surface area contributed by atoms with Gasteiger partial charge in [0.15, 0.2) is 11.4 Å². The molecule has 0 aliphatic carbocycles. The molecule has 37 heavy (non-hydrogen) atoms. The highest BCUT2D eigenvalue weighted by molar-refractivity contribution is 7.10. The van der Waals surface area contributed by atoms with Crippen molar-refractivity contribution in [2.75, 3.05) is 44.4 Å². The van der Waals surface area contributed by atoms with Crippen LogP contribution >= 0.6 is 11.3 Å². The fraction of sp³-hybridized carbons (Fsp3) is 0.333. The molecule has 1 saturated heterocycles. The van der Waals surface area contributed by atoms with Crippen molar-refractivity contribution in [2.45, 2.75) is 18.4 Å². The number of thiophene rings is 1. The molecular formula is C27H27F3N4O2S. The maximum Gasteiger partial charge on any atom is 0.248 e. The van der Waals surface area contributed by atoms with Crippen molar-refractivity contribution >= 4 is 28.6 Å². The molecule has 194 valence electrons. The second-order valence-electron chi connectivity index (χ2n) is 9.21. The number of hydrazone groups is 1. The van der Waals surface area contributed by atoms with Crippen LogP contribution in [0, 0.1) is 17.5 Å². The topological polar surface area (TPSA) is 57.2 Å². The van der Waals surface area contributed by atoms with Gasteiger partial charge in [0, 0.05) is 37.1 Å². The van der Waals surface area contributed by atoms with E-state index >= 15 is 4.39 Å². The van der Waals surface area contributed by atoms with Gasteiger partial charge in [-0.1, -0.05) is 18.2 Å². The zero-order valence-corrected chi connectivity index (χ0v) is 21.1. The summed E-state index contributed by atoms with van der Waals surface area (Å²) < 4.78 is 48.0. The lowest BCUT2D eigenvalue weighted by atomic mass is 9.78. The van der Waals surface area contributed by atoms with E-state index in [0.29, 0.717) is 37.6 Å². The lowest BCUT2D eigenvalue weighted by Crippen LogP contribution is -2.58. The summed E-state index contributed by atoms with van der Waals surface area (Å²) in [5, 5.41) is 11.0. The Kier molecular flexibility index (Phi) is 7.32. The minimum absolute atomic E-state index is 0.0223. The molecule has 10 heteroatoms. The Balaban J connectivity index is 1.55. The molecule has 1 aromatic heterocycles. The van der Waals surface area contributed by atoms with E-state index in [4.69, 9.17) is 9.84 Å². The van der Waals surface area contributed by atoms with Gasteiger partial charge >= 0.3 is 0 Å². The van der Waals surface area contributed by atoms with Crippen molar-refractivity contribution in [3.63, 3.8) is 0 Å². The third-order valence-corrected chi connectivity index (χ3v) is 7.80. The Morgan fingerprint density at radius 1 is 1.11 bits per heavy atom. The lowest BCUT2D eigenvalue weighted by Gasteiger charge is -2.37. The Morgan fingerprint density at radius 2 is 1.84 bits per heavy atom. The third kappa shape index (κ3) is 5.01. The molecule has 3 heterocycles. The number of carbonyl (C=O) groups is 1. The maximum absolute atomic E-state index is 15.1. The van der Waals surface area contributed by atoms with E-state index in [1.54, 1.807) is 19.1 Å². The van der Waals surface area contributed by atoms with Crippen molar-refractivity contribution in [3.8, 4) is 0 Å². The van der Waals surface area contributed by atoms with Crippen LogP contribution in [0.15, 0.2) is 65.1 Å². The normalized spacial score (nSPS) is 22.2. The molecular weight excluding hydrogens is 501 g/mol. The molecule has 1 amide bonds. The smallest absolute Gasteiger partial charge is 0.248 e. The number of nitrogens with zero attached hydrogens (tertiary/aromatic N) is 3. The highest BCUT2D eigenvalue weighted by atomic mass is 32.1. The summed E-state index contributed by atoms with van der Waals surface area (Å²) in [5.74, 6) is -2.90. The number of anilines is 1. The molecule has 0 bridgehead atoms. The Labute approximate surface area is 217 Å². The first-order chi connectivity index (χ1) is 17.9. The van der Waals surface area contributed by atoms with E-state index in [1.807, 2.05) is 17.5 Å². The van der Waals surface area contributed by atoms with Crippen LogP contribution in [-0.4, -0.2) is 61.5 Å². The van der Waals surface area contributed by atoms with Crippen LogP contribution in [-0.2, 0) is 9.53 Å². The predicted octanol–water partition coefficient (Wildman–Crippen LogP) is 4.38. The standard InChI is InChI=1S/C27H27F3N4O2S/c1-27(26(35)31-10-11-33-12-14-36-15-13-33)24(23-3-2-16-37-23)25(18-4-6-19(28)7-5-18)32-34(27)22-9-8-20(29)17-21(22)30/h2-9,16-17,24H,10-15H2,1H3,(H,31,35). The van der Waals surface area contributed by atoms with Crippen molar-refractivity contribution < 1.29 is 22.7 Å². The van der Waals surface area contributed by atoms with Crippen molar-refractivity contribution in [2.24, 2.45) is 5.10 Å². The summed E-state index contributed by atoms with van der Waals surface area (Å²) in [6.45, 7) is 5.62. The summed E-state index contributed by atoms with van der Waals surface area (Å²) in [6.07, 6.45) is 0. The van der Waals surface area contributed by atoms with Crippen molar-refractivity contribution in [1.29, 1.82) is 0 Å². The minimum atomic E-state index is -1.39. The van der Waals surface area contributed by atoms with Crippen LogP contribution in [0.5, 0.6) is 0 Å². The SMILES string of the molecule is CC1(C(=O)NCCN2CCOCC2)C(c2cccs2)C(c2ccc(F)cc2)=NN1c1ccc(F)cc1F. The molecule has 0 spiro atoms. The first kappa shape index (κ1) is 25.4. The minimum Gasteiger partial charge on any atom is -0.379 e.